The zero-order valence-corrected chi connectivity index (χ0v) is 33.9. The van der Waals surface area contributed by atoms with E-state index >= 15 is 0 Å². The fourth-order valence-electron chi connectivity index (χ4n) is 6.50. The molecule has 0 saturated heterocycles. The van der Waals surface area contributed by atoms with Crippen molar-refractivity contribution in [3.05, 3.63) is 166 Å². The second-order valence-corrected chi connectivity index (χ2v) is 14.3. The van der Waals surface area contributed by atoms with Gasteiger partial charge in [-0.1, -0.05) is 81.3 Å². The van der Waals surface area contributed by atoms with Crippen LogP contribution in [0.25, 0.3) is 10.8 Å². The van der Waals surface area contributed by atoms with Crippen LogP contribution in [0.15, 0.2) is 127 Å². The molecule has 0 saturated carbocycles. The molecule has 6 aromatic carbocycles. The van der Waals surface area contributed by atoms with Gasteiger partial charge in [0.05, 0.1) is 18.2 Å². The van der Waals surface area contributed by atoms with E-state index in [0.29, 0.717) is 29.4 Å². The Morgan fingerprint density at radius 3 is 1.30 bits per heavy atom. The summed E-state index contributed by atoms with van der Waals surface area (Å²) < 4.78 is 27.2. The van der Waals surface area contributed by atoms with E-state index in [1.807, 2.05) is 24.3 Å². The number of carbonyl (C=O) groups is 5. The van der Waals surface area contributed by atoms with Crippen molar-refractivity contribution in [3.8, 4) is 23.0 Å². The highest BCUT2D eigenvalue weighted by Crippen LogP contribution is 2.31. The molecule has 0 heterocycles. The lowest BCUT2D eigenvalue weighted by Crippen LogP contribution is -2.13. The van der Waals surface area contributed by atoms with Gasteiger partial charge >= 0.3 is 29.8 Å². The maximum atomic E-state index is 13.2. The Labute approximate surface area is 349 Å². The van der Waals surface area contributed by atoms with Gasteiger partial charge < -0.3 is 23.7 Å². The van der Waals surface area contributed by atoms with Gasteiger partial charge in [0.15, 0.2) is 0 Å². The van der Waals surface area contributed by atoms with Crippen molar-refractivity contribution < 1.29 is 47.7 Å². The maximum Gasteiger partial charge on any atom is 0.343 e. The van der Waals surface area contributed by atoms with Gasteiger partial charge in [-0.2, -0.15) is 0 Å². The molecular formula is C50H46O10. The van der Waals surface area contributed by atoms with Gasteiger partial charge in [0.2, 0.25) is 0 Å². The number of methoxy groups -OCH3 is 1. The van der Waals surface area contributed by atoms with E-state index in [2.05, 4.69) is 38.1 Å². The van der Waals surface area contributed by atoms with Crippen LogP contribution >= 0.6 is 0 Å². The number of esters is 5. The minimum atomic E-state index is -0.747. The maximum absolute atomic E-state index is 13.2. The largest absolute Gasteiger partial charge is 0.465 e. The average Bonchev–Trinajstić information content (AvgIpc) is 3.26. The molecule has 0 aliphatic carbocycles. The summed E-state index contributed by atoms with van der Waals surface area (Å²) in [6.45, 7) is 4.27. The normalized spacial score (nSPS) is 10.8. The molecule has 0 aliphatic rings. The summed E-state index contributed by atoms with van der Waals surface area (Å²) in [6.07, 6.45) is 5.69. The first-order chi connectivity index (χ1) is 29.1. The van der Waals surface area contributed by atoms with Gasteiger partial charge in [-0.25, -0.2) is 14.4 Å². The molecule has 6 aromatic rings. The highest BCUT2D eigenvalue weighted by molar-refractivity contribution is 6.01. The van der Waals surface area contributed by atoms with Gasteiger partial charge in [-0.15, -0.1) is 0 Å². The second-order valence-electron chi connectivity index (χ2n) is 14.3. The van der Waals surface area contributed by atoms with E-state index in [0.717, 1.165) is 36.8 Å². The molecule has 6 rings (SSSR count). The summed E-state index contributed by atoms with van der Waals surface area (Å²) in [5.74, 6) is -2.17. The van der Waals surface area contributed by atoms with Gasteiger partial charge in [0.1, 0.15) is 28.6 Å². The lowest BCUT2D eigenvalue weighted by Gasteiger charge is -2.12. The van der Waals surface area contributed by atoms with Crippen molar-refractivity contribution in [2.75, 3.05) is 7.11 Å². The summed E-state index contributed by atoms with van der Waals surface area (Å²) in [6, 6.07) is 36.2. The van der Waals surface area contributed by atoms with Crippen molar-refractivity contribution in [3.63, 3.8) is 0 Å². The van der Waals surface area contributed by atoms with E-state index in [1.54, 1.807) is 18.2 Å². The topological polar surface area (TPSA) is 132 Å². The predicted octanol–water partition coefficient (Wildman–Crippen LogP) is 10.0. The van der Waals surface area contributed by atoms with E-state index in [4.69, 9.17) is 23.7 Å². The quantitative estimate of drug-likeness (QED) is 0.0648. The Hall–Kier alpha value is -7.07. The predicted molar refractivity (Wildman–Crippen MR) is 227 cm³/mol. The molecule has 0 unspecified atom stereocenters. The number of carbonyl (C=O) groups excluding carboxylic acids is 5. The van der Waals surface area contributed by atoms with Gasteiger partial charge in [0, 0.05) is 12.8 Å². The minimum absolute atomic E-state index is 0.0256. The molecule has 0 spiro atoms. The third-order valence-electron chi connectivity index (χ3n) is 9.73. The molecule has 0 N–H and O–H groups in total. The summed E-state index contributed by atoms with van der Waals surface area (Å²) in [7, 11) is 1.21. The first-order valence-electron chi connectivity index (χ1n) is 20.0. The number of rotatable bonds is 17. The minimum Gasteiger partial charge on any atom is -0.465 e. The van der Waals surface area contributed by atoms with Gasteiger partial charge in [-0.3, -0.25) is 9.59 Å². The molecule has 306 valence electrons. The zero-order chi connectivity index (χ0) is 42.4. The monoisotopic (exact) mass is 806 g/mol. The van der Waals surface area contributed by atoms with Crippen LogP contribution in [0, 0.1) is 0 Å². The van der Waals surface area contributed by atoms with Crippen LogP contribution in [0.3, 0.4) is 0 Å². The molecular weight excluding hydrogens is 761 g/mol. The Kier molecular flexibility index (Phi) is 14.6. The first kappa shape index (κ1) is 42.5. The molecule has 0 fully saturated rings. The number of aryl methyl sites for hydroxylation is 4. The number of benzene rings is 6. The Morgan fingerprint density at radius 1 is 0.417 bits per heavy atom. The number of hydrogen-bond acceptors (Lipinski definition) is 10. The second kappa shape index (κ2) is 20.6. The molecule has 0 bridgehead atoms. The fourth-order valence-corrected chi connectivity index (χ4v) is 6.50. The lowest BCUT2D eigenvalue weighted by atomic mass is 10.0. The van der Waals surface area contributed by atoms with Crippen molar-refractivity contribution in [1.29, 1.82) is 0 Å². The first-order valence-corrected chi connectivity index (χ1v) is 20.0. The smallest absolute Gasteiger partial charge is 0.343 e. The summed E-state index contributed by atoms with van der Waals surface area (Å²) >= 11 is 0. The van der Waals surface area contributed by atoms with Crippen molar-refractivity contribution in [2.24, 2.45) is 0 Å². The average molecular weight is 807 g/mol. The van der Waals surface area contributed by atoms with E-state index in [9.17, 15) is 24.0 Å². The third-order valence-corrected chi connectivity index (χ3v) is 9.73. The molecule has 0 amide bonds. The molecule has 10 heteroatoms. The number of fused-ring (bicyclic) bond motifs is 1. The van der Waals surface area contributed by atoms with Crippen LogP contribution in [0.2, 0.25) is 0 Å². The third kappa shape index (κ3) is 11.8. The highest BCUT2D eigenvalue weighted by Gasteiger charge is 2.20. The van der Waals surface area contributed by atoms with Crippen LogP contribution in [-0.4, -0.2) is 37.0 Å². The fraction of sp³-hybridized carbons (Fsp3) is 0.220. The van der Waals surface area contributed by atoms with Crippen molar-refractivity contribution in [2.45, 2.75) is 65.2 Å². The lowest BCUT2D eigenvalue weighted by molar-refractivity contribution is -0.135. The van der Waals surface area contributed by atoms with Crippen molar-refractivity contribution in [1.82, 2.24) is 0 Å². The molecule has 60 heavy (non-hydrogen) atoms. The molecule has 0 aliphatic heterocycles. The van der Waals surface area contributed by atoms with E-state index < -0.39 is 23.9 Å². The highest BCUT2D eigenvalue weighted by atomic mass is 16.6. The molecule has 0 aromatic heterocycles. The van der Waals surface area contributed by atoms with Crippen LogP contribution in [-0.2, 0) is 40.0 Å². The molecule has 0 radical (unpaired) electrons. The van der Waals surface area contributed by atoms with Gasteiger partial charge in [0.25, 0.3) is 0 Å². The van der Waals surface area contributed by atoms with Crippen LogP contribution in [0.1, 0.15) is 92.9 Å². The molecule has 0 atom stereocenters. The van der Waals surface area contributed by atoms with Crippen LogP contribution < -0.4 is 18.9 Å². The Balaban J connectivity index is 1.03. The van der Waals surface area contributed by atoms with E-state index in [-0.39, 0.29) is 52.7 Å². The summed E-state index contributed by atoms with van der Waals surface area (Å²) in [5, 5.41) is 1.10. The Morgan fingerprint density at radius 2 is 0.850 bits per heavy atom. The summed E-state index contributed by atoms with van der Waals surface area (Å²) in [5.41, 5.74) is 5.00. The number of ether oxygens (including phenoxy) is 5. The van der Waals surface area contributed by atoms with Crippen LogP contribution in [0.5, 0.6) is 23.0 Å². The summed E-state index contributed by atoms with van der Waals surface area (Å²) in [4.78, 5) is 64.0. The molecule has 10 nitrogen and oxygen atoms in total. The van der Waals surface area contributed by atoms with Gasteiger partial charge in [-0.05, 0) is 132 Å². The zero-order valence-electron chi connectivity index (χ0n) is 33.9. The standard InChI is InChI=1S/C50H46O10/c1-4-6-33-8-12-35(13-9-33)16-28-46(51)57-41-23-18-37(19-24-41)48(53)59-43-27-22-39-32-45(44(50(55)56-3)31-40(39)30-43)60-49(54)38-20-25-42(26-21-38)58-47(52)29-17-36-14-10-34(7-5-2)11-15-36/h8-15,18-27,30-32H,4-7,16-17,28-29H2,1-3H3. The van der Waals surface area contributed by atoms with E-state index in [1.165, 1.54) is 78.9 Å². The SMILES string of the molecule is CCCc1ccc(CCC(=O)Oc2ccc(C(=O)Oc3ccc4cc(OC(=O)c5ccc(OC(=O)CCc6ccc(CCC)cc6)cc5)c(C(=O)OC)cc4c3)cc2)cc1. The van der Waals surface area contributed by atoms with Crippen LogP contribution in [0.4, 0.5) is 0 Å². The Bertz CT molecular complexity index is 2450. The van der Waals surface area contributed by atoms with Crippen molar-refractivity contribution >= 4 is 40.6 Å². The number of hydrogen-bond donors (Lipinski definition) is 0.